The Hall–Kier alpha value is -2.13. The normalized spacial score (nSPS) is 11.9. The fourth-order valence-corrected chi connectivity index (χ4v) is 2.14. The van der Waals surface area contributed by atoms with Crippen molar-refractivity contribution in [3.63, 3.8) is 0 Å². The number of nitrogens with one attached hydrogen (secondary N) is 1. The van der Waals surface area contributed by atoms with Gasteiger partial charge in [0.15, 0.2) is 0 Å². The van der Waals surface area contributed by atoms with Gasteiger partial charge in [-0.2, -0.15) is 0 Å². The summed E-state index contributed by atoms with van der Waals surface area (Å²) in [5.74, 6) is -0.248. The third kappa shape index (κ3) is 3.25. The summed E-state index contributed by atoms with van der Waals surface area (Å²) in [7, 11) is 1.76. The number of esters is 1. The average molecular weight is 269 g/mol. The van der Waals surface area contributed by atoms with Gasteiger partial charge in [-0.25, -0.2) is 4.79 Å². The van der Waals surface area contributed by atoms with E-state index in [0.29, 0.717) is 6.61 Å². The molecule has 0 fully saturated rings. The van der Waals surface area contributed by atoms with Crippen molar-refractivity contribution in [3.8, 4) is 11.1 Å². The summed E-state index contributed by atoms with van der Waals surface area (Å²) in [6, 6.07) is 17.7. The van der Waals surface area contributed by atoms with Gasteiger partial charge in [-0.05, 0) is 30.7 Å². The van der Waals surface area contributed by atoms with Crippen LogP contribution in [0.5, 0.6) is 0 Å². The van der Waals surface area contributed by atoms with Crippen molar-refractivity contribution >= 4 is 5.97 Å². The Balaban J connectivity index is 2.21. The summed E-state index contributed by atoms with van der Waals surface area (Å²) in [5.41, 5.74) is 3.20. The molecule has 1 unspecified atom stereocenters. The highest BCUT2D eigenvalue weighted by Gasteiger charge is 2.19. The first-order valence-electron chi connectivity index (χ1n) is 6.75. The summed E-state index contributed by atoms with van der Waals surface area (Å²) in [5, 5.41) is 2.99. The summed E-state index contributed by atoms with van der Waals surface area (Å²) < 4.78 is 5.06. The molecular weight excluding hydrogens is 250 g/mol. The largest absolute Gasteiger partial charge is 0.465 e. The van der Waals surface area contributed by atoms with Gasteiger partial charge in [0.25, 0.3) is 0 Å². The maximum Gasteiger partial charge on any atom is 0.327 e. The van der Waals surface area contributed by atoms with Crippen molar-refractivity contribution in [3.05, 3.63) is 60.2 Å². The minimum atomic E-state index is -0.417. The third-order valence-corrected chi connectivity index (χ3v) is 3.16. The average Bonchev–Trinajstić information content (AvgIpc) is 2.50. The van der Waals surface area contributed by atoms with Crippen molar-refractivity contribution in [2.45, 2.75) is 13.0 Å². The zero-order valence-corrected chi connectivity index (χ0v) is 11.8. The molecule has 1 N–H and O–H groups in total. The molecule has 1 atom stereocenters. The first kappa shape index (κ1) is 14.3. The van der Waals surface area contributed by atoms with Gasteiger partial charge in [0, 0.05) is 0 Å². The topological polar surface area (TPSA) is 38.3 Å². The number of carbonyl (C=O) groups excluding carboxylic acids is 1. The highest BCUT2D eigenvalue weighted by Crippen LogP contribution is 2.22. The van der Waals surface area contributed by atoms with Gasteiger partial charge in [0.05, 0.1) is 6.61 Å². The second kappa shape index (κ2) is 6.87. The third-order valence-electron chi connectivity index (χ3n) is 3.16. The molecule has 2 aromatic carbocycles. The number of carbonyl (C=O) groups is 1. The molecule has 3 nitrogen and oxygen atoms in total. The zero-order chi connectivity index (χ0) is 14.4. The molecular formula is C17H19NO2. The van der Waals surface area contributed by atoms with Crippen LogP contribution in [0.25, 0.3) is 11.1 Å². The van der Waals surface area contributed by atoms with Crippen LogP contribution in [-0.2, 0) is 9.53 Å². The fourth-order valence-electron chi connectivity index (χ4n) is 2.14. The van der Waals surface area contributed by atoms with Crippen LogP contribution in [0.3, 0.4) is 0 Å². The number of hydrogen-bond acceptors (Lipinski definition) is 3. The Morgan fingerprint density at radius 2 is 1.65 bits per heavy atom. The van der Waals surface area contributed by atoms with E-state index in [1.165, 1.54) is 0 Å². The molecule has 20 heavy (non-hydrogen) atoms. The maximum absolute atomic E-state index is 11.8. The number of rotatable bonds is 5. The lowest BCUT2D eigenvalue weighted by atomic mass is 10.0. The van der Waals surface area contributed by atoms with E-state index in [9.17, 15) is 4.79 Å². The minimum Gasteiger partial charge on any atom is -0.465 e. The fraction of sp³-hybridized carbons (Fsp3) is 0.235. The minimum absolute atomic E-state index is 0.248. The number of benzene rings is 2. The zero-order valence-electron chi connectivity index (χ0n) is 11.8. The summed E-state index contributed by atoms with van der Waals surface area (Å²) in [6.45, 7) is 2.20. The Morgan fingerprint density at radius 1 is 1.05 bits per heavy atom. The molecule has 0 bridgehead atoms. The van der Waals surface area contributed by atoms with Crippen molar-refractivity contribution in [1.82, 2.24) is 5.32 Å². The quantitative estimate of drug-likeness (QED) is 0.847. The highest BCUT2D eigenvalue weighted by molar-refractivity contribution is 5.78. The summed E-state index contributed by atoms with van der Waals surface area (Å²) in [4.78, 5) is 11.8. The van der Waals surface area contributed by atoms with Crippen LogP contribution in [0.2, 0.25) is 0 Å². The van der Waals surface area contributed by atoms with E-state index in [-0.39, 0.29) is 5.97 Å². The van der Waals surface area contributed by atoms with Gasteiger partial charge < -0.3 is 10.1 Å². The summed E-state index contributed by atoms with van der Waals surface area (Å²) >= 11 is 0. The van der Waals surface area contributed by atoms with E-state index in [1.54, 1.807) is 7.05 Å². The van der Waals surface area contributed by atoms with E-state index in [4.69, 9.17) is 4.74 Å². The first-order chi connectivity index (χ1) is 9.76. The molecule has 0 saturated carbocycles. The van der Waals surface area contributed by atoms with E-state index in [2.05, 4.69) is 17.4 Å². The van der Waals surface area contributed by atoms with E-state index >= 15 is 0 Å². The second-order valence-electron chi connectivity index (χ2n) is 4.46. The Kier molecular flexibility index (Phi) is 4.91. The predicted molar refractivity (Wildman–Crippen MR) is 80.3 cm³/mol. The predicted octanol–water partition coefficient (Wildman–Crippen LogP) is 3.18. The maximum atomic E-state index is 11.8. The molecule has 0 saturated heterocycles. The number of hydrogen-bond donors (Lipinski definition) is 1. The molecule has 0 spiro atoms. The molecule has 2 rings (SSSR count). The van der Waals surface area contributed by atoms with Gasteiger partial charge in [-0.3, -0.25) is 0 Å². The smallest absolute Gasteiger partial charge is 0.327 e. The van der Waals surface area contributed by atoms with Gasteiger partial charge in [0.2, 0.25) is 0 Å². The lowest BCUT2D eigenvalue weighted by Gasteiger charge is -2.15. The van der Waals surface area contributed by atoms with Crippen LogP contribution in [0.15, 0.2) is 54.6 Å². The Labute approximate surface area is 119 Å². The van der Waals surface area contributed by atoms with E-state index in [1.807, 2.05) is 49.4 Å². The molecule has 3 heteroatoms. The molecule has 0 aliphatic rings. The van der Waals surface area contributed by atoms with Gasteiger partial charge in [-0.15, -0.1) is 0 Å². The van der Waals surface area contributed by atoms with Crippen LogP contribution in [0.4, 0.5) is 0 Å². The van der Waals surface area contributed by atoms with Crippen molar-refractivity contribution in [2.75, 3.05) is 13.7 Å². The van der Waals surface area contributed by atoms with Crippen molar-refractivity contribution < 1.29 is 9.53 Å². The summed E-state index contributed by atoms with van der Waals surface area (Å²) in [6.07, 6.45) is 0. The van der Waals surface area contributed by atoms with E-state index < -0.39 is 6.04 Å². The van der Waals surface area contributed by atoms with Crippen LogP contribution < -0.4 is 5.32 Å². The molecule has 0 aliphatic carbocycles. The van der Waals surface area contributed by atoms with Crippen LogP contribution in [0.1, 0.15) is 18.5 Å². The van der Waals surface area contributed by atoms with E-state index in [0.717, 1.165) is 16.7 Å². The van der Waals surface area contributed by atoms with Crippen molar-refractivity contribution in [1.29, 1.82) is 0 Å². The molecule has 0 amide bonds. The van der Waals surface area contributed by atoms with Gasteiger partial charge in [0.1, 0.15) is 6.04 Å². The molecule has 0 radical (unpaired) electrons. The monoisotopic (exact) mass is 269 g/mol. The molecule has 2 aromatic rings. The standard InChI is InChI=1S/C17H19NO2/c1-3-20-17(19)16(18-2)15-11-9-14(10-12-15)13-7-5-4-6-8-13/h4-12,16,18H,3H2,1-2H3. The SMILES string of the molecule is CCOC(=O)C(NC)c1ccc(-c2ccccc2)cc1. The lowest BCUT2D eigenvalue weighted by Crippen LogP contribution is -2.27. The lowest BCUT2D eigenvalue weighted by molar-refractivity contribution is -0.145. The number of ether oxygens (including phenoxy) is 1. The molecule has 104 valence electrons. The van der Waals surface area contributed by atoms with Crippen LogP contribution >= 0.6 is 0 Å². The highest BCUT2D eigenvalue weighted by atomic mass is 16.5. The Morgan fingerprint density at radius 3 is 2.20 bits per heavy atom. The first-order valence-corrected chi connectivity index (χ1v) is 6.75. The van der Waals surface area contributed by atoms with Crippen LogP contribution in [-0.4, -0.2) is 19.6 Å². The van der Waals surface area contributed by atoms with Crippen LogP contribution in [0, 0.1) is 0 Å². The molecule has 0 aromatic heterocycles. The van der Waals surface area contributed by atoms with Gasteiger partial charge in [-0.1, -0.05) is 54.6 Å². The second-order valence-corrected chi connectivity index (χ2v) is 4.46. The number of likely N-dealkylation sites (N-methyl/N-ethyl adjacent to an activating group) is 1. The molecule has 0 aliphatic heterocycles. The molecule has 0 heterocycles. The van der Waals surface area contributed by atoms with Crippen molar-refractivity contribution in [2.24, 2.45) is 0 Å². The Bertz CT molecular complexity index is 549. The van der Waals surface area contributed by atoms with Gasteiger partial charge >= 0.3 is 5.97 Å².